The summed E-state index contributed by atoms with van der Waals surface area (Å²) in [5.74, 6) is 0.654. The third-order valence-electron chi connectivity index (χ3n) is 3.08. The Balaban J connectivity index is 1.72. The van der Waals surface area contributed by atoms with Crippen molar-refractivity contribution in [1.82, 2.24) is 4.98 Å². The summed E-state index contributed by atoms with van der Waals surface area (Å²) in [7, 11) is 1.63. The van der Waals surface area contributed by atoms with E-state index in [9.17, 15) is 4.39 Å². The average molecular weight is 315 g/mol. The molecule has 22 heavy (non-hydrogen) atoms. The number of hydrogen-bond acceptors (Lipinski definition) is 4. The van der Waals surface area contributed by atoms with Crippen molar-refractivity contribution in [2.45, 2.75) is 6.61 Å². The molecule has 0 atom stereocenters. The van der Waals surface area contributed by atoms with Crippen LogP contribution in [-0.4, -0.2) is 12.1 Å². The lowest BCUT2D eigenvalue weighted by Crippen LogP contribution is -1.97. The predicted octanol–water partition coefficient (Wildman–Crippen LogP) is 4.54. The fourth-order valence-electron chi connectivity index (χ4n) is 1.98. The highest BCUT2D eigenvalue weighted by Gasteiger charge is 2.08. The zero-order valence-corrected chi connectivity index (χ0v) is 12.8. The predicted molar refractivity (Wildman–Crippen MR) is 84.8 cm³/mol. The van der Waals surface area contributed by atoms with Gasteiger partial charge >= 0.3 is 0 Å². The Kier molecular flexibility index (Phi) is 4.34. The lowest BCUT2D eigenvalue weighted by Gasteiger charge is -2.04. The summed E-state index contributed by atoms with van der Waals surface area (Å²) in [5, 5.41) is 2.79. The highest BCUT2D eigenvalue weighted by atomic mass is 32.1. The van der Waals surface area contributed by atoms with Gasteiger partial charge in [0.05, 0.1) is 12.8 Å². The number of nitrogens with zero attached hydrogens (tertiary/aromatic N) is 1. The van der Waals surface area contributed by atoms with Crippen molar-refractivity contribution in [2.75, 3.05) is 7.11 Å². The van der Waals surface area contributed by atoms with Crippen molar-refractivity contribution < 1.29 is 13.9 Å². The van der Waals surface area contributed by atoms with Gasteiger partial charge in [0.15, 0.2) is 11.6 Å². The smallest absolute Gasteiger partial charge is 0.165 e. The number of thiazole rings is 1. The van der Waals surface area contributed by atoms with Gasteiger partial charge in [-0.3, -0.25) is 0 Å². The molecule has 0 saturated carbocycles. The molecule has 3 rings (SSSR count). The molecule has 0 unspecified atom stereocenters. The van der Waals surface area contributed by atoms with Crippen molar-refractivity contribution >= 4 is 11.3 Å². The van der Waals surface area contributed by atoms with Crippen LogP contribution in [-0.2, 0) is 6.61 Å². The Hall–Kier alpha value is -2.40. The van der Waals surface area contributed by atoms with Crippen molar-refractivity contribution in [3.63, 3.8) is 0 Å². The molecule has 5 heteroatoms. The number of halogens is 1. The maximum atomic E-state index is 13.5. The summed E-state index contributed by atoms with van der Waals surface area (Å²) >= 11 is 1.52. The van der Waals surface area contributed by atoms with Crippen molar-refractivity contribution in [2.24, 2.45) is 0 Å². The number of ether oxygens (including phenoxy) is 2. The molecule has 3 nitrogen and oxygen atoms in total. The third kappa shape index (κ3) is 3.26. The molecule has 0 saturated heterocycles. The van der Waals surface area contributed by atoms with E-state index in [0.717, 1.165) is 22.0 Å². The molecule has 0 bridgehead atoms. The molecule has 1 heterocycles. The lowest BCUT2D eigenvalue weighted by atomic mass is 10.2. The fraction of sp³-hybridized carbons (Fsp3) is 0.118. The molecule has 0 amide bonds. The van der Waals surface area contributed by atoms with Gasteiger partial charge in [0.1, 0.15) is 17.4 Å². The van der Waals surface area contributed by atoms with Crippen LogP contribution in [0.2, 0.25) is 0 Å². The number of para-hydroxylation sites is 1. The third-order valence-corrected chi connectivity index (χ3v) is 4.02. The topological polar surface area (TPSA) is 31.4 Å². The van der Waals surface area contributed by atoms with Crippen LogP contribution in [0, 0.1) is 5.82 Å². The highest BCUT2D eigenvalue weighted by Crippen LogP contribution is 2.27. The van der Waals surface area contributed by atoms with Crippen LogP contribution >= 0.6 is 11.3 Å². The van der Waals surface area contributed by atoms with Crippen molar-refractivity contribution in [1.29, 1.82) is 0 Å². The molecule has 0 radical (unpaired) electrons. The summed E-state index contributed by atoms with van der Waals surface area (Å²) in [4.78, 5) is 4.52. The zero-order valence-electron chi connectivity index (χ0n) is 12.0. The standard InChI is InChI=1S/C17H14FNO2S/c1-20-14-6-4-5-12(9-14)17-19-13(11-22-17)10-21-16-8-3-2-7-15(16)18/h2-9,11H,10H2,1H3. The van der Waals surface area contributed by atoms with E-state index >= 15 is 0 Å². The SMILES string of the molecule is COc1cccc(-c2nc(COc3ccccc3F)cs2)c1. The summed E-state index contributed by atoms with van der Waals surface area (Å²) in [6.45, 7) is 0.238. The quantitative estimate of drug-likeness (QED) is 0.693. The Morgan fingerprint density at radius 2 is 2.00 bits per heavy atom. The molecule has 3 aromatic rings. The molecular weight excluding hydrogens is 301 g/mol. The summed E-state index contributed by atoms with van der Waals surface area (Å²) in [6.07, 6.45) is 0. The van der Waals surface area contributed by atoms with Gasteiger partial charge in [-0.05, 0) is 24.3 Å². The second-order valence-electron chi connectivity index (χ2n) is 4.60. The molecule has 2 aromatic carbocycles. The van der Waals surface area contributed by atoms with Gasteiger partial charge in [0.2, 0.25) is 0 Å². The first-order valence-corrected chi connectivity index (χ1v) is 7.60. The zero-order chi connectivity index (χ0) is 15.4. The monoisotopic (exact) mass is 315 g/mol. The van der Waals surface area contributed by atoms with Crippen LogP contribution in [0.1, 0.15) is 5.69 Å². The molecule has 0 aliphatic heterocycles. The minimum Gasteiger partial charge on any atom is -0.497 e. The van der Waals surface area contributed by atoms with Gasteiger partial charge < -0.3 is 9.47 Å². The van der Waals surface area contributed by atoms with Crippen LogP contribution in [0.4, 0.5) is 4.39 Å². The van der Waals surface area contributed by atoms with Crippen LogP contribution in [0.15, 0.2) is 53.9 Å². The number of benzene rings is 2. The molecule has 0 spiro atoms. The highest BCUT2D eigenvalue weighted by molar-refractivity contribution is 7.13. The van der Waals surface area contributed by atoms with Crippen LogP contribution < -0.4 is 9.47 Å². The average Bonchev–Trinajstić information content (AvgIpc) is 3.03. The van der Waals surface area contributed by atoms with E-state index in [-0.39, 0.29) is 18.2 Å². The second-order valence-corrected chi connectivity index (χ2v) is 5.45. The number of hydrogen-bond donors (Lipinski definition) is 0. The maximum absolute atomic E-state index is 13.5. The van der Waals surface area contributed by atoms with E-state index in [1.165, 1.54) is 17.4 Å². The lowest BCUT2D eigenvalue weighted by molar-refractivity contribution is 0.287. The van der Waals surface area contributed by atoms with E-state index in [1.54, 1.807) is 25.3 Å². The van der Waals surface area contributed by atoms with E-state index in [1.807, 2.05) is 29.6 Å². The van der Waals surface area contributed by atoms with Gasteiger partial charge in [-0.2, -0.15) is 0 Å². The first-order valence-electron chi connectivity index (χ1n) is 6.72. The van der Waals surface area contributed by atoms with Crippen molar-refractivity contribution in [3.8, 4) is 22.1 Å². The second kappa shape index (κ2) is 6.58. The van der Waals surface area contributed by atoms with Gasteiger partial charge in [0, 0.05) is 10.9 Å². The van der Waals surface area contributed by atoms with Gasteiger partial charge in [0.25, 0.3) is 0 Å². The largest absolute Gasteiger partial charge is 0.497 e. The Morgan fingerprint density at radius 1 is 1.14 bits per heavy atom. The van der Waals surface area contributed by atoms with E-state index in [2.05, 4.69) is 4.98 Å². The van der Waals surface area contributed by atoms with Crippen LogP contribution in [0.3, 0.4) is 0 Å². The van der Waals surface area contributed by atoms with Gasteiger partial charge in [-0.25, -0.2) is 9.37 Å². The first kappa shape index (κ1) is 14.5. The minimum atomic E-state index is -0.370. The first-order chi connectivity index (χ1) is 10.8. The van der Waals surface area contributed by atoms with Gasteiger partial charge in [-0.1, -0.05) is 24.3 Å². The molecule has 0 fully saturated rings. The molecule has 112 valence electrons. The van der Waals surface area contributed by atoms with Crippen LogP contribution in [0.25, 0.3) is 10.6 Å². The molecule has 0 aliphatic carbocycles. The normalized spacial score (nSPS) is 10.5. The molecular formula is C17H14FNO2S. The van der Waals surface area contributed by atoms with Crippen molar-refractivity contribution in [3.05, 3.63) is 65.4 Å². The number of rotatable bonds is 5. The summed E-state index contributed by atoms with van der Waals surface area (Å²) < 4.78 is 24.2. The minimum absolute atomic E-state index is 0.235. The molecule has 0 N–H and O–H groups in total. The summed E-state index contributed by atoms with van der Waals surface area (Å²) in [5.41, 5.74) is 1.76. The summed E-state index contributed by atoms with van der Waals surface area (Å²) in [6, 6.07) is 14.1. The molecule has 1 aromatic heterocycles. The van der Waals surface area contributed by atoms with E-state index in [4.69, 9.17) is 9.47 Å². The van der Waals surface area contributed by atoms with Crippen LogP contribution in [0.5, 0.6) is 11.5 Å². The van der Waals surface area contributed by atoms with E-state index < -0.39 is 0 Å². The number of methoxy groups -OCH3 is 1. The Labute approximate surface area is 132 Å². The Morgan fingerprint density at radius 3 is 2.82 bits per heavy atom. The molecule has 0 aliphatic rings. The maximum Gasteiger partial charge on any atom is 0.165 e. The number of aromatic nitrogens is 1. The van der Waals surface area contributed by atoms with E-state index in [0.29, 0.717) is 0 Å². The fourth-order valence-corrected chi connectivity index (χ4v) is 2.78. The van der Waals surface area contributed by atoms with Gasteiger partial charge in [-0.15, -0.1) is 11.3 Å². The Bertz CT molecular complexity index is 773.